The highest BCUT2D eigenvalue weighted by molar-refractivity contribution is 8.00. The molecule has 0 saturated carbocycles. The Bertz CT molecular complexity index is 812. The van der Waals surface area contributed by atoms with E-state index >= 15 is 0 Å². The molecule has 1 aromatic carbocycles. The number of amides is 1. The molecule has 1 atom stereocenters. The molecule has 3 aromatic rings. The number of fused-ring (bicyclic) bond motifs is 1. The van der Waals surface area contributed by atoms with Gasteiger partial charge in [0.25, 0.3) is 0 Å². The van der Waals surface area contributed by atoms with Crippen molar-refractivity contribution in [1.82, 2.24) is 9.78 Å². The van der Waals surface area contributed by atoms with E-state index in [1.54, 1.807) is 23.1 Å². The lowest BCUT2D eigenvalue weighted by Crippen LogP contribution is -2.16. The molecule has 0 bridgehead atoms. The first-order valence-corrected chi connectivity index (χ1v) is 9.28. The monoisotopic (exact) mass is 341 g/mol. The number of thioether (sulfide) groups is 1. The van der Waals surface area contributed by atoms with E-state index in [0.717, 1.165) is 11.4 Å². The molecule has 4 rings (SSSR count). The molecule has 0 radical (unpaired) electrons. The molecule has 4 nitrogen and oxygen atoms in total. The number of hydrogen-bond donors (Lipinski definition) is 1. The minimum Gasteiger partial charge on any atom is -0.310 e. The van der Waals surface area contributed by atoms with Crippen LogP contribution in [-0.4, -0.2) is 21.4 Å². The molecule has 1 unspecified atom stereocenters. The SMILES string of the molecule is O=C1CSC(c2ccccc2)c2cnn(Cc3cccs3)c2N1. The van der Waals surface area contributed by atoms with Crippen molar-refractivity contribution in [3.8, 4) is 0 Å². The normalized spacial score (nSPS) is 17.4. The number of anilines is 1. The lowest BCUT2D eigenvalue weighted by Gasteiger charge is -2.14. The van der Waals surface area contributed by atoms with Gasteiger partial charge in [-0.1, -0.05) is 36.4 Å². The van der Waals surface area contributed by atoms with Gasteiger partial charge in [0.1, 0.15) is 5.82 Å². The van der Waals surface area contributed by atoms with Crippen molar-refractivity contribution >= 4 is 34.8 Å². The van der Waals surface area contributed by atoms with E-state index in [9.17, 15) is 4.79 Å². The van der Waals surface area contributed by atoms with Gasteiger partial charge in [-0.15, -0.1) is 23.1 Å². The van der Waals surface area contributed by atoms with Gasteiger partial charge in [-0.3, -0.25) is 4.79 Å². The third-order valence-corrected chi connectivity index (χ3v) is 5.93. The summed E-state index contributed by atoms with van der Waals surface area (Å²) in [6.07, 6.45) is 1.89. The van der Waals surface area contributed by atoms with E-state index in [-0.39, 0.29) is 11.2 Å². The standard InChI is InChI=1S/C17H15N3OS2/c21-15-11-23-16(12-5-2-1-3-6-12)14-9-18-20(17(14)19-15)10-13-7-4-8-22-13/h1-9,16H,10-11H2,(H,19,21). The van der Waals surface area contributed by atoms with Gasteiger partial charge in [0.05, 0.1) is 23.7 Å². The van der Waals surface area contributed by atoms with Gasteiger partial charge in [0.2, 0.25) is 5.91 Å². The molecule has 1 amide bonds. The number of thiophene rings is 1. The molecule has 0 fully saturated rings. The van der Waals surface area contributed by atoms with Gasteiger partial charge in [0.15, 0.2) is 0 Å². The van der Waals surface area contributed by atoms with Crippen LogP contribution in [0.15, 0.2) is 54.0 Å². The number of benzene rings is 1. The maximum atomic E-state index is 12.1. The van der Waals surface area contributed by atoms with E-state index in [1.165, 1.54) is 10.4 Å². The Labute approximate surface area is 142 Å². The molecule has 1 aliphatic rings. The quantitative estimate of drug-likeness (QED) is 0.789. The molecule has 2 aromatic heterocycles. The first-order valence-electron chi connectivity index (χ1n) is 7.36. The van der Waals surface area contributed by atoms with Crippen LogP contribution in [0.3, 0.4) is 0 Å². The van der Waals surface area contributed by atoms with Crippen LogP contribution in [0.5, 0.6) is 0 Å². The Morgan fingerprint density at radius 1 is 1.22 bits per heavy atom. The molecule has 0 spiro atoms. The summed E-state index contributed by atoms with van der Waals surface area (Å²) in [7, 11) is 0. The average molecular weight is 341 g/mol. The summed E-state index contributed by atoms with van der Waals surface area (Å²) < 4.78 is 1.89. The molecule has 1 N–H and O–H groups in total. The average Bonchev–Trinajstić information content (AvgIpc) is 3.17. The van der Waals surface area contributed by atoms with Crippen LogP contribution in [0.2, 0.25) is 0 Å². The van der Waals surface area contributed by atoms with Gasteiger partial charge in [-0.25, -0.2) is 4.68 Å². The first-order chi connectivity index (χ1) is 11.3. The maximum absolute atomic E-state index is 12.1. The zero-order valence-corrected chi connectivity index (χ0v) is 13.9. The van der Waals surface area contributed by atoms with Crippen molar-refractivity contribution in [3.05, 3.63) is 70.0 Å². The third-order valence-electron chi connectivity index (χ3n) is 3.78. The minimum atomic E-state index is 0.0302. The lowest BCUT2D eigenvalue weighted by molar-refractivity contribution is -0.113. The van der Waals surface area contributed by atoms with E-state index in [0.29, 0.717) is 12.3 Å². The summed E-state index contributed by atoms with van der Waals surface area (Å²) in [6, 6.07) is 14.4. The molecule has 3 heterocycles. The van der Waals surface area contributed by atoms with Crippen LogP contribution in [-0.2, 0) is 11.3 Å². The summed E-state index contributed by atoms with van der Waals surface area (Å²) >= 11 is 3.34. The topological polar surface area (TPSA) is 46.9 Å². The summed E-state index contributed by atoms with van der Waals surface area (Å²) in [5.41, 5.74) is 2.27. The largest absolute Gasteiger partial charge is 0.310 e. The predicted molar refractivity (Wildman–Crippen MR) is 95.0 cm³/mol. The van der Waals surface area contributed by atoms with Crippen LogP contribution in [0.4, 0.5) is 5.82 Å². The van der Waals surface area contributed by atoms with Gasteiger partial charge >= 0.3 is 0 Å². The van der Waals surface area contributed by atoms with E-state index in [1.807, 2.05) is 35.1 Å². The zero-order chi connectivity index (χ0) is 15.6. The van der Waals surface area contributed by atoms with Crippen LogP contribution in [0.1, 0.15) is 21.3 Å². The Morgan fingerprint density at radius 2 is 2.09 bits per heavy atom. The van der Waals surface area contributed by atoms with Gasteiger partial charge < -0.3 is 5.32 Å². The minimum absolute atomic E-state index is 0.0302. The van der Waals surface area contributed by atoms with Crippen molar-refractivity contribution in [3.63, 3.8) is 0 Å². The molecular formula is C17H15N3OS2. The summed E-state index contributed by atoms with van der Waals surface area (Å²) in [4.78, 5) is 13.3. The number of carbonyl (C=O) groups is 1. The van der Waals surface area contributed by atoms with Crippen LogP contribution in [0.25, 0.3) is 0 Å². The second kappa shape index (κ2) is 6.22. The van der Waals surface area contributed by atoms with Crippen LogP contribution < -0.4 is 5.32 Å². The van der Waals surface area contributed by atoms with Crippen molar-refractivity contribution in [2.24, 2.45) is 0 Å². The third kappa shape index (κ3) is 2.92. The van der Waals surface area contributed by atoms with Crippen LogP contribution in [0, 0.1) is 0 Å². The molecule has 0 aliphatic carbocycles. The molecule has 6 heteroatoms. The highest BCUT2D eigenvalue weighted by atomic mass is 32.2. The molecule has 0 saturated heterocycles. The number of aromatic nitrogens is 2. The van der Waals surface area contributed by atoms with Crippen molar-refractivity contribution in [2.45, 2.75) is 11.8 Å². The predicted octanol–water partition coefficient (Wildman–Crippen LogP) is 3.77. The molecule has 116 valence electrons. The number of hydrogen-bond acceptors (Lipinski definition) is 4. The number of nitrogens with zero attached hydrogens (tertiary/aromatic N) is 2. The van der Waals surface area contributed by atoms with E-state index < -0.39 is 0 Å². The van der Waals surface area contributed by atoms with Gasteiger partial charge in [-0.05, 0) is 17.0 Å². The van der Waals surface area contributed by atoms with Crippen molar-refractivity contribution in [1.29, 1.82) is 0 Å². The van der Waals surface area contributed by atoms with Gasteiger partial charge in [0, 0.05) is 10.4 Å². The second-order valence-electron chi connectivity index (χ2n) is 5.34. The fourth-order valence-electron chi connectivity index (χ4n) is 2.72. The fraction of sp³-hybridized carbons (Fsp3) is 0.176. The molecular weight excluding hydrogens is 326 g/mol. The Balaban J connectivity index is 1.74. The second-order valence-corrected chi connectivity index (χ2v) is 7.46. The fourth-order valence-corrected chi connectivity index (χ4v) is 4.50. The molecule has 1 aliphatic heterocycles. The number of rotatable bonds is 3. The van der Waals surface area contributed by atoms with Gasteiger partial charge in [-0.2, -0.15) is 5.10 Å². The van der Waals surface area contributed by atoms with E-state index in [2.05, 4.69) is 34.0 Å². The Hall–Kier alpha value is -2.05. The Kier molecular flexibility index (Phi) is 3.93. The summed E-state index contributed by atoms with van der Waals surface area (Å²) in [5, 5.41) is 9.73. The highest BCUT2D eigenvalue weighted by Crippen LogP contribution is 2.41. The first kappa shape index (κ1) is 14.5. The zero-order valence-electron chi connectivity index (χ0n) is 12.3. The van der Waals surface area contributed by atoms with Crippen LogP contribution >= 0.6 is 23.1 Å². The number of nitrogens with one attached hydrogen (secondary N) is 1. The molecule has 23 heavy (non-hydrogen) atoms. The number of carbonyl (C=O) groups excluding carboxylic acids is 1. The van der Waals surface area contributed by atoms with Crippen molar-refractivity contribution in [2.75, 3.05) is 11.1 Å². The van der Waals surface area contributed by atoms with Crippen molar-refractivity contribution < 1.29 is 4.79 Å². The van der Waals surface area contributed by atoms with E-state index in [4.69, 9.17) is 0 Å². The maximum Gasteiger partial charge on any atom is 0.235 e. The Morgan fingerprint density at radius 3 is 2.87 bits per heavy atom. The smallest absolute Gasteiger partial charge is 0.235 e. The highest BCUT2D eigenvalue weighted by Gasteiger charge is 2.27. The summed E-state index contributed by atoms with van der Waals surface area (Å²) in [5.74, 6) is 1.30. The lowest BCUT2D eigenvalue weighted by atomic mass is 10.1. The summed E-state index contributed by atoms with van der Waals surface area (Å²) in [6.45, 7) is 0.680.